The van der Waals surface area contributed by atoms with E-state index < -0.39 is 0 Å². The van der Waals surface area contributed by atoms with Gasteiger partial charge in [-0.1, -0.05) is 13.3 Å². The normalized spacial score (nSPS) is 16.4. The van der Waals surface area contributed by atoms with E-state index in [0.29, 0.717) is 11.5 Å². The van der Waals surface area contributed by atoms with Crippen molar-refractivity contribution in [1.82, 2.24) is 10.3 Å². The maximum absolute atomic E-state index is 12.4. The molecular formula is C16H25N3O. The largest absolute Gasteiger partial charge is 0.384 e. The molecule has 0 spiro atoms. The van der Waals surface area contributed by atoms with E-state index in [1.54, 1.807) is 6.20 Å². The van der Waals surface area contributed by atoms with Crippen molar-refractivity contribution >= 4 is 11.6 Å². The van der Waals surface area contributed by atoms with Crippen molar-refractivity contribution in [3.63, 3.8) is 0 Å². The Morgan fingerprint density at radius 2 is 2.25 bits per heavy atom. The van der Waals surface area contributed by atoms with Gasteiger partial charge in [-0.15, -0.1) is 0 Å². The molecule has 0 aliphatic heterocycles. The van der Waals surface area contributed by atoms with Crippen LogP contribution < -0.4 is 10.6 Å². The van der Waals surface area contributed by atoms with Crippen LogP contribution in [0.4, 0.5) is 5.69 Å². The van der Waals surface area contributed by atoms with Crippen molar-refractivity contribution in [1.29, 1.82) is 0 Å². The van der Waals surface area contributed by atoms with Gasteiger partial charge in [0, 0.05) is 24.5 Å². The second-order valence-corrected chi connectivity index (χ2v) is 5.75. The van der Waals surface area contributed by atoms with Crippen LogP contribution in [0.15, 0.2) is 12.3 Å². The van der Waals surface area contributed by atoms with E-state index in [9.17, 15) is 4.79 Å². The summed E-state index contributed by atoms with van der Waals surface area (Å²) >= 11 is 0. The lowest BCUT2D eigenvalue weighted by Crippen LogP contribution is -2.41. The lowest BCUT2D eigenvalue weighted by Gasteiger charge is -2.32. The zero-order chi connectivity index (χ0) is 14.5. The van der Waals surface area contributed by atoms with Crippen LogP contribution in [0.25, 0.3) is 0 Å². The van der Waals surface area contributed by atoms with Crippen LogP contribution in [0.3, 0.4) is 0 Å². The molecule has 4 nitrogen and oxygen atoms in total. The number of hydrogen-bond donors (Lipinski definition) is 2. The number of aromatic nitrogens is 1. The molecule has 1 aromatic heterocycles. The number of rotatable bonds is 6. The Morgan fingerprint density at radius 1 is 1.50 bits per heavy atom. The minimum Gasteiger partial charge on any atom is -0.384 e. The highest BCUT2D eigenvalue weighted by Crippen LogP contribution is 2.29. The molecule has 1 unspecified atom stereocenters. The number of amides is 1. The van der Waals surface area contributed by atoms with Crippen LogP contribution in [-0.2, 0) is 0 Å². The Morgan fingerprint density at radius 3 is 2.85 bits per heavy atom. The molecule has 110 valence electrons. The SMILES string of the molecule is CCCNc1cc(C)ncc1C(=O)NC(C)C1CCC1. The third kappa shape index (κ3) is 3.50. The van der Waals surface area contributed by atoms with Gasteiger partial charge in [-0.2, -0.15) is 0 Å². The third-order valence-electron chi connectivity index (χ3n) is 4.07. The van der Waals surface area contributed by atoms with Crippen molar-refractivity contribution in [3.8, 4) is 0 Å². The third-order valence-corrected chi connectivity index (χ3v) is 4.07. The number of hydrogen-bond acceptors (Lipinski definition) is 3. The van der Waals surface area contributed by atoms with Crippen LogP contribution in [0.5, 0.6) is 0 Å². The average Bonchev–Trinajstić information content (AvgIpc) is 2.33. The van der Waals surface area contributed by atoms with Gasteiger partial charge in [-0.05, 0) is 45.1 Å². The van der Waals surface area contributed by atoms with Crippen LogP contribution in [0.1, 0.15) is 55.6 Å². The second-order valence-electron chi connectivity index (χ2n) is 5.75. The first-order chi connectivity index (χ1) is 9.61. The molecule has 0 bridgehead atoms. The molecule has 0 saturated heterocycles. The molecule has 1 heterocycles. The predicted molar refractivity (Wildman–Crippen MR) is 82.0 cm³/mol. The lowest BCUT2D eigenvalue weighted by molar-refractivity contribution is 0.0909. The van der Waals surface area contributed by atoms with E-state index in [4.69, 9.17) is 0 Å². The summed E-state index contributed by atoms with van der Waals surface area (Å²) in [6.45, 7) is 7.01. The van der Waals surface area contributed by atoms with Crippen molar-refractivity contribution < 1.29 is 4.79 Å². The topological polar surface area (TPSA) is 54.0 Å². The molecule has 1 atom stereocenters. The van der Waals surface area contributed by atoms with E-state index >= 15 is 0 Å². The molecule has 4 heteroatoms. The van der Waals surface area contributed by atoms with E-state index in [2.05, 4.69) is 29.5 Å². The Hall–Kier alpha value is -1.58. The number of pyridine rings is 1. The summed E-state index contributed by atoms with van der Waals surface area (Å²) in [5, 5.41) is 6.43. The lowest BCUT2D eigenvalue weighted by atomic mass is 9.80. The average molecular weight is 275 g/mol. The number of nitrogens with zero attached hydrogens (tertiary/aromatic N) is 1. The van der Waals surface area contributed by atoms with Gasteiger partial charge in [0.1, 0.15) is 0 Å². The quantitative estimate of drug-likeness (QED) is 0.838. The van der Waals surface area contributed by atoms with Gasteiger partial charge >= 0.3 is 0 Å². The van der Waals surface area contributed by atoms with Gasteiger partial charge < -0.3 is 10.6 Å². The zero-order valence-electron chi connectivity index (χ0n) is 12.7. The first kappa shape index (κ1) is 14.8. The molecule has 0 aromatic carbocycles. The number of carbonyl (C=O) groups excluding carboxylic acids is 1. The maximum Gasteiger partial charge on any atom is 0.255 e. The van der Waals surface area contributed by atoms with Gasteiger partial charge in [-0.3, -0.25) is 9.78 Å². The molecule has 1 aliphatic rings. The highest BCUT2D eigenvalue weighted by atomic mass is 16.1. The van der Waals surface area contributed by atoms with Gasteiger partial charge in [0.05, 0.1) is 11.3 Å². The fraction of sp³-hybridized carbons (Fsp3) is 0.625. The van der Waals surface area contributed by atoms with Crippen molar-refractivity contribution in [2.75, 3.05) is 11.9 Å². The second kappa shape index (κ2) is 6.73. The minimum absolute atomic E-state index is 0.0181. The van der Waals surface area contributed by atoms with E-state index in [1.165, 1.54) is 19.3 Å². The number of nitrogens with one attached hydrogen (secondary N) is 2. The van der Waals surface area contributed by atoms with Crippen molar-refractivity contribution in [2.24, 2.45) is 5.92 Å². The highest BCUT2D eigenvalue weighted by Gasteiger charge is 2.25. The summed E-state index contributed by atoms with van der Waals surface area (Å²) in [6, 6.07) is 2.19. The van der Waals surface area contributed by atoms with Gasteiger partial charge in [0.25, 0.3) is 5.91 Å². The van der Waals surface area contributed by atoms with Gasteiger partial charge in [0.2, 0.25) is 0 Å². The van der Waals surface area contributed by atoms with Crippen LogP contribution >= 0.6 is 0 Å². The minimum atomic E-state index is -0.0181. The van der Waals surface area contributed by atoms with E-state index in [1.807, 2.05) is 13.0 Å². The molecule has 1 fully saturated rings. The summed E-state index contributed by atoms with van der Waals surface area (Å²) in [5.74, 6) is 0.625. The monoisotopic (exact) mass is 275 g/mol. The molecule has 20 heavy (non-hydrogen) atoms. The Kier molecular flexibility index (Phi) is 4.99. The molecular weight excluding hydrogens is 250 g/mol. The van der Waals surface area contributed by atoms with Crippen LogP contribution in [0, 0.1) is 12.8 Å². The van der Waals surface area contributed by atoms with Crippen molar-refractivity contribution in [3.05, 3.63) is 23.5 Å². The Bertz CT molecular complexity index is 469. The van der Waals surface area contributed by atoms with Crippen LogP contribution in [-0.4, -0.2) is 23.5 Å². The molecule has 1 aromatic rings. The van der Waals surface area contributed by atoms with E-state index in [-0.39, 0.29) is 11.9 Å². The first-order valence-corrected chi connectivity index (χ1v) is 7.63. The van der Waals surface area contributed by atoms with Crippen molar-refractivity contribution in [2.45, 2.75) is 52.5 Å². The molecule has 1 aliphatic carbocycles. The van der Waals surface area contributed by atoms with Crippen LogP contribution in [0.2, 0.25) is 0 Å². The summed E-state index contributed by atoms with van der Waals surface area (Å²) in [7, 11) is 0. The summed E-state index contributed by atoms with van der Waals surface area (Å²) in [6.07, 6.45) is 6.46. The maximum atomic E-state index is 12.4. The predicted octanol–water partition coefficient (Wildman–Crippen LogP) is 3.13. The summed E-state index contributed by atoms with van der Waals surface area (Å²) in [5.41, 5.74) is 2.46. The number of aryl methyl sites for hydroxylation is 1. The summed E-state index contributed by atoms with van der Waals surface area (Å²) in [4.78, 5) is 16.7. The smallest absolute Gasteiger partial charge is 0.255 e. The molecule has 2 N–H and O–H groups in total. The highest BCUT2D eigenvalue weighted by molar-refractivity contribution is 5.99. The fourth-order valence-corrected chi connectivity index (χ4v) is 2.49. The number of carbonyl (C=O) groups is 1. The van der Waals surface area contributed by atoms with E-state index in [0.717, 1.165) is 24.3 Å². The molecule has 1 saturated carbocycles. The fourth-order valence-electron chi connectivity index (χ4n) is 2.49. The number of anilines is 1. The van der Waals surface area contributed by atoms with Gasteiger partial charge in [-0.25, -0.2) is 0 Å². The zero-order valence-corrected chi connectivity index (χ0v) is 12.7. The molecule has 1 amide bonds. The van der Waals surface area contributed by atoms with Gasteiger partial charge in [0.15, 0.2) is 0 Å². The first-order valence-electron chi connectivity index (χ1n) is 7.63. The Labute approximate surface area is 121 Å². The standard InChI is InChI=1S/C16H25N3O/c1-4-8-17-15-9-11(2)18-10-14(15)16(20)19-12(3)13-6-5-7-13/h9-10,12-13H,4-8H2,1-3H3,(H,17,18)(H,19,20). The molecule has 0 radical (unpaired) electrons. The molecule has 2 rings (SSSR count). The summed E-state index contributed by atoms with van der Waals surface area (Å²) < 4.78 is 0. The Balaban J connectivity index is 2.07.